The molecule has 1 aliphatic heterocycles. The van der Waals surface area contributed by atoms with Crippen LogP contribution in [0.3, 0.4) is 0 Å². The van der Waals surface area contributed by atoms with Gasteiger partial charge in [-0.2, -0.15) is 0 Å². The van der Waals surface area contributed by atoms with Crippen LogP contribution in [0.15, 0.2) is 24.7 Å². The highest BCUT2D eigenvalue weighted by Gasteiger charge is 2.22. The molecule has 1 atom stereocenters. The molecule has 0 spiro atoms. The SMILES string of the molecule is OCC1CCCCN1Cc1cn2cccnc2n1. The first-order valence-corrected chi connectivity index (χ1v) is 6.50. The Morgan fingerprint density at radius 2 is 2.33 bits per heavy atom. The van der Waals surface area contributed by atoms with Gasteiger partial charge in [-0.25, -0.2) is 9.97 Å². The monoisotopic (exact) mass is 246 g/mol. The van der Waals surface area contributed by atoms with E-state index in [1.165, 1.54) is 12.8 Å². The maximum Gasteiger partial charge on any atom is 0.233 e. The van der Waals surface area contributed by atoms with E-state index in [1.807, 2.05) is 22.9 Å². The van der Waals surface area contributed by atoms with Crippen molar-refractivity contribution in [3.63, 3.8) is 0 Å². The second kappa shape index (κ2) is 5.04. The predicted octanol–water partition coefficient (Wildman–Crippen LogP) is 1.08. The van der Waals surface area contributed by atoms with Crippen LogP contribution < -0.4 is 0 Å². The number of likely N-dealkylation sites (tertiary alicyclic amines) is 1. The van der Waals surface area contributed by atoms with Gasteiger partial charge < -0.3 is 5.11 Å². The highest BCUT2D eigenvalue weighted by Crippen LogP contribution is 2.19. The van der Waals surface area contributed by atoms with Crippen molar-refractivity contribution in [1.82, 2.24) is 19.3 Å². The Morgan fingerprint density at radius 1 is 1.39 bits per heavy atom. The van der Waals surface area contributed by atoms with Gasteiger partial charge in [0.2, 0.25) is 5.78 Å². The van der Waals surface area contributed by atoms with E-state index < -0.39 is 0 Å². The number of nitrogens with zero attached hydrogens (tertiary/aromatic N) is 4. The summed E-state index contributed by atoms with van der Waals surface area (Å²) in [6.07, 6.45) is 9.24. The zero-order chi connectivity index (χ0) is 12.4. The largest absolute Gasteiger partial charge is 0.395 e. The number of hydrogen-bond acceptors (Lipinski definition) is 4. The number of fused-ring (bicyclic) bond motifs is 1. The zero-order valence-corrected chi connectivity index (χ0v) is 10.4. The maximum atomic E-state index is 9.40. The third-order valence-electron chi connectivity index (χ3n) is 3.61. The van der Waals surface area contributed by atoms with Gasteiger partial charge in [0, 0.05) is 31.2 Å². The van der Waals surface area contributed by atoms with Crippen LogP contribution in [0.4, 0.5) is 0 Å². The fourth-order valence-corrected chi connectivity index (χ4v) is 2.64. The minimum atomic E-state index is 0.242. The number of piperidine rings is 1. The molecular formula is C13H18N4O. The molecule has 0 aromatic carbocycles. The van der Waals surface area contributed by atoms with Gasteiger partial charge in [0.25, 0.3) is 0 Å². The third kappa shape index (κ3) is 2.23. The van der Waals surface area contributed by atoms with Crippen LogP contribution in [0, 0.1) is 0 Å². The molecule has 0 saturated carbocycles. The van der Waals surface area contributed by atoms with Crippen molar-refractivity contribution in [2.75, 3.05) is 13.2 Å². The molecule has 0 radical (unpaired) electrons. The number of aromatic nitrogens is 3. The third-order valence-corrected chi connectivity index (χ3v) is 3.61. The van der Waals surface area contributed by atoms with Crippen molar-refractivity contribution in [1.29, 1.82) is 0 Å². The number of imidazole rings is 1. The van der Waals surface area contributed by atoms with Gasteiger partial charge in [-0.15, -0.1) is 0 Å². The maximum absolute atomic E-state index is 9.40. The summed E-state index contributed by atoms with van der Waals surface area (Å²) in [5, 5.41) is 9.40. The highest BCUT2D eigenvalue weighted by atomic mass is 16.3. The normalized spacial score (nSPS) is 21.5. The van der Waals surface area contributed by atoms with Gasteiger partial charge in [-0.1, -0.05) is 6.42 Å². The Kier molecular flexibility index (Phi) is 3.25. The lowest BCUT2D eigenvalue weighted by Gasteiger charge is -2.33. The minimum absolute atomic E-state index is 0.242. The van der Waals surface area contributed by atoms with Crippen molar-refractivity contribution in [3.05, 3.63) is 30.4 Å². The zero-order valence-electron chi connectivity index (χ0n) is 10.4. The molecule has 0 amide bonds. The first-order valence-electron chi connectivity index (χ1n) is 6.50. The van der Waals surface area contributed by atoms with Crippen LogP contribution in [0.25, 0.3) is 5.78 Å². The molecule has 18 heavy (non-hydrogen) atoms. The molecule has 1 fully saturated rings. The lowest BCUT2D eigenvalue weighted by Crippen LogP contribution is -2.41. The second-order valence-electron chi connectivity index (χ2n) is 4.86. The van der Waals surface area contributed by atoms with Gasteiger partial charge in [-0.3, -0.25) is 9.30 Å². The van der Waals surface area contributed by atoms with Crippen molar-refractivity contribution in [2.45, 2.75) is 31.8 Å². The topological polar surface area (TPSA) is 53.7 Å². The van der Waals surface area contributed by atoms with Crippen LogP contribution in [0.1, 0.15) is 25.0 Å². The lowest BCUT2D eigenvalue weighted by atomic mass is 10.0. The Balaban J connectivity index is 1.78. The standard InChI is InChI=1S/C13H18N4O/c18-10-12-4-1-2-6-16(12)8-11-9-17-7-3-5-14-13(17)15-11/h3,5,7,9,12,18H,1-2,4,6,8,10H2. The smallest absolute Gasteiger partial charge is 0.233 e. The van der Waals surface area contributed by atoms with Gasteiger partial charge in [0.1, 0.15) is 0 Å². The van der Waals surface area contributed by atoms with E-state index in [0.29, 0.717) is 0 Å². The Labute approximate surface area is 106 Å². The van der Waals surface area contributed by atoms with Crippen LogP contribution in [0.5, 0.6) is 0 Å². The summed E-state index contributed by atoms with van der Waals surface area (Å²) in [4.78, 5) is 11.0. The van der Waals surface area contributed by atoms with Crippen molar-refractivity contribution in [2.24, 2.45) is 0 Å². The molecular weight excluding hydrogens is 228 g/mol. The van der Waals surface area contributed by atoms with Gasteiger partial charge >= 0.3 is 0 Å². The van der Waals surface area contributed by atoms with E-state index in [-0.39, 0.29) is 12.6 Å². The Bertz CT molecular complexity index is 491. The summed E-state index contributed by atoms with van der Waals surface area (Å²) in [6, 6.07) is 2.19. The van der Waals surface area contributed by atoms with E-state index in [0.717, 1.165) is 31.0 Å². The summed E-state index contributed by atoms with van der Waals surface area (Å²) in [5.41, 5.74) is 1.02. The molecule has 5 nitrogen and oxygen atoms in total. The summed E-state index contributed by atoms with van der Waals surface area (Å²) in [6.45, 7) is 2.09. The molecule has 0 aliphatic carbocycles. The van der Waals surface area contributed by atoms with E-state index >= 15 is 0 Å². The number of rotatable bonds is 3. The van der Waals surface area contributed by atoms with Crippen LogP contribution >= 0.6 is 0 Å². The quantitative estimate of drug-likeness (QED) is 0.880. The summed E-state index contributed by atoms with van der Waals surface area (Å²) < 4.78 is 1.94. The van der Waals surface area contributed by atoms with Crippen LogP contribution in [-0.2, 0) is 6.54 Å². The van der Waals surface area contributed by atoms with Crippen LogP contribution in [-0.4, -0.2) is 43.6 Å². The fourth-order valence-electron chi connectivity index (χ4n) is 2.64. The Hall–Kier alpha value is -1.46. The van der Waals surface area contributed by atoms with Gasteiger partial charge in [-0.05, 0) is 25.5 Å². The molecule has 3 heterocycles. The molecule has 5 heteroatoms. The molecule has 96 valence electrons. The molecule has 2 aromatic rings. The average molecular weight is 246 g/mol. The molecule has 2 aromatic heterocycles. The predicted molar refractivity (Wildman–Crippen MR) is 68.1 cm³/mol. The van der Waals surface area contributed by atoms with Crippen molar-refractivity contribution >= 4 is 5.78 Å². The Morgan fingerprint density at radius 3 is 3.17 bits per heavy atom. The molecule has 0 bridgehead atoms. The van der Waals surface area contributed by atoms with Crippen molar-refractivity contribution < 1.29 is 5.11 Å². The fraction of sp³-hybridized carbons (Fsp3) is 0.538. The first kappa shape index (κ1) is 11.6. The summed E-state index contributed by atoms with van der Waals surface area (Å²) in [7, 11) is 0. The lowest BCUT2D eigenvalue weighted by molar-refractivity contribution is 0.0832. The van der Waals surface area contributed by atoms with Gasteiger partial charge in [0.15, 0.2) is 0 Å². The molecule has 1 saturated heterocycles. The molecule has 1 unspecified atom stereocenters. The molecule has 3 rings (SSSR count). The average Bonchev–Trinajstić information content (AvgIpc) is 2.81. The number of aliphatic hydroxyl groups excluding tert-OH is 1. The van der Waals surface area contributed by atoms with Crippen LogP contribution in [0.2, 0.25) is 0 Å². The minimum Gasteiger partial charge on any atom is -0.395 e. The summed E-state index contributed by atoms with van der Waals surface area (Å²) >= 11 is 0. The van der Waals surface area contributed by atoms with Gasteiger partial charge in [0.05, 0.1) is 12.3 Å². The number of hydrogen-bond donors (Lipinski definition) is 1. The van der Waals surface area contributed by atoms with Crippen molar-refractivity contribution in [3.8, 4) is 0 Å². The second-order valence-corrected chi connectivity index (χ2v) is 4.86. The number of aliphatic hydroxyl groups is 1. The van der Waals surface area contributed by atoms with E-state index in [1.54, 1.807) is 6.20 Å². The first-order chi connectivity index (χ1) is 8.86. The molecule has 1 aliphatic rings. The molecule has 1 N–H and O–H groups in total. The summed E-state index contributed by atoms with van der Waals surface area (Å²) in [5.74, 6) is 0.741. The van der Waals surface area contributed by atoms with E-state index in [9.17, 15) is 5.11 Å². The van der Waals surface area contributed by atoms with E-state index in [4.69, 9.17) is 0 Å². The highest BCUT2D eigenvalue weighted by molar-refractivity contribution is 5.29. The van der Waals surface area contributed by atoms with E-state index in [2.05, 4.69) is 14.9 Å².